The van der Waals surface area contributed by atoms with Gasteiger partial charge in [0, 0.05) is 37.8 Å². The van der Waals surface area contributed by atoms with E-state index in [0.717, 1.165) is 6.42 Å². The number of aliphatic hydroxyl groups is 1. The fourth-order valence-corrected chi connectivity index (χ4v) is 5.87. The zero-order valence-electron chi connectivity index (χ0n) is 15.9. The van der Waals surface area contributed by atoms with Crippen molar-refractivity contribution >= 4 is 5.97 Å². The number of rotatable bonds is 5. The normalized spacial score (nSPS) is 34.9. The zero-order valence-corrected chi connectivity index (χ0v) is 15.9. The molecule has 3 fully saturated rings. The zero-order chi connectivity index (χ0) is 19.3. The third-order valence-electron chi connectivity index (χ3n) is 6.99. The van der Waals surface area contributed by atoms with Gasteiger partial charge in [0.2, 0.25) is 12.1 Å². The predicted molar refractivity (Wildman–Crippen MR) is 97.9 cm³/mol. The highest BCUT2D eigenvalue weighted by molar-refractivity contribution is 5.85. The molecule has 7 unspecified atom stereocenters. The van der Waals surface area contributed by atoms with Crippen molar-refractivity contribution in [3.8, 4) is 0 Å². The molecule has 8 nitrogen and oxygen atoms in total. The van der Waals surface area contributed by atoms with E-state index in [4.69, 9.17) is 9.47 Å². The number of hydrogen-bond donors (Lipinski definition) is 2. The molecule has 0 aromatic carbocycles. The average Bonchev–Trinajstić information content (AvgIpc) is 3.47. The van der Waals surface area contributed by atoms with Crippen molar-refractivity contribution in [2.24, 2.45) is 30.7 Å². The van der Waals surface area contributed by atoms with Gasteiger partial charge in [-0.05, 0) is 37.0 Å². The summed E-state index contributed by atoms with van der Waals surface area (Å²) < 4.78 is 13.8. The minimum Gasteiger partial charge on any atom is -0.453 e. The first kappa shape index (κ1) is 17.9. The number of aliphatic hydroxyl groups excluding tert-OH is 1. The lowest BCUT2D eigenvalue weighted by atomic mass is 9.69. The maximum absolute atomic E-state index is 12.6. The summed E-state index contributed by atoms with van der Waals surface area (Å²) in [5.74, 6) is 1.96. The number of ether oxygens (including phenoxy) is 2. The number of carbonyl (C=O) groups excluding carboxylic acids is 1. The fourth-order valence-electron chi connectivity index (χ4n) is 5.87. The lowest BCUT2D eigenvalue weighted by Crippen LogP contribution is -2.47. The minimum absolute atomic E-state index is 0.200. The van der Waals surface area contributed by atoms with Crippen LogP contribution in [0, 0.1) is 23.7 Å². The first-order valence-corrected chi connectivity index (χ1v) is 10.1. The molecule has 150 valence electrons. The van der Waals surface area contributed by atoms with Crippen molar-refractivity contribution in [1.82, 2.24) is 19.5 Å². The van der Waals surface area contributed by atoms with Gasteiger partial charge >= 0.3 is 5.97 Å². The quantitative estimate of drug-likeness (QED) is 0.603. The molecule has 7 atom stereocenters. The summed E-state index contributed by atoms with van der Waals surface area (Å²) in [7, 11) is 1.82. The van der Waals surface area contributed by atoms with Gasteiger partial charge in [-0.25, -0.2) is 14.8 Å². The second kappa shape index (κ2) is 7.00. The van der Waals surface area contributed by atoms with Gasteiger partial charge in [-0.15, -0.1) is 0 Å². The molecule has 3 saturated carbocycles. The number of aromatic amines is 1. The molecule has 3 aliphatic carbocycles. The van der Waals surface area contributed by atoms with Crippen molar-refractivity contribution in [1.29, 1.82) is 0 Å². The van der Waals surface area contributed by atoms with Crippen LogP contribution in [0.4, 0.5) is 0 Å². The van der Waals surface area contributed by atoms with Crippen LogP contribution in [0.15, 0.2) is 24.8 Å². The van der Waals surface area contributed by atoms with Gasteiger partial charge < -0.3 is 24.1 Å². The molecule has 28 heavy (non-hydrogen) atoms. The minimum atomic E-state index is -1.14. The highest BCUT2D eigenvalue weighted by atomic mass is 16.6. The molecule has 2 bridgehead atoms. The van der Waals surface area contributed by atoms with Gasteiger partial charge in [-0.2, -0.15) is 0 Å². The summed E-state index contributed by atoms with van der Waals surface area (Å²) >= 11 is 0. The first-order chi connectivity index (χ1) is 13.6. The van der Waals surface area contributed by atoms with E-state index in [9.17, 15) is 9.90 Å². The molecule has 3 aliphatic rings. The van der Waals surface area contributed by atoms with Crippen LogP contribution >= 0.6 is 0 Å². The number of aryl methyl sites for hydroxylation is 1. The van der Waals surface area contributed by atoms with E-state index in [1.807, 2.05) is 7.05 Å². The van der Waals surface area contributed by atoms with Crippen LogP contribution in [0.25, 0.3) is 0 Å². The number of aromatic nitrogens is 4. The third kappa shape index (κ3) is 2.86. The predicted octanol–water partition coefficient (Wildman–Crippen LogP) is 2.20. The van der Waals surface area contributed by atoms with Gasteiger partial charge in [0.05, 0.1) is 0 Å². The van der Waals surface area contributed by atoms with Crippen LogP contribution in [0.3, 0.4) is 0 Å². The SMILES string of the molecule is Cn1ccnc1C(O)OC1C2CC(C3CCCCC32)C1OC(=O)c1ncc[nH]1. The van der Waals surface area contributed by atoms with Crippen molar-refractivity contribution in [2.75, 3.05) is 0 Å². The van der Waals surface area contributed by atoms with E-state index in [1.54, 1.807) is 23.2 Å². The van der Waals surface area contributed by atoms with E-state index in [1.165, 1.54) is 31.9 Å². The molecule has 8 heteroatoms. The average molecular weight is 386 g/mol. The number of H-pyrrole nitrogens is 1. The van der Waals surface area contributed by atoms with E-state index < -0.39 is 12.3 Å². The Hall–Kier alpha value is -2.19. The molecule has 2 aromatic rings. The maximum atomic E-state index is 12.6. The number of fused-ring (bicyclic) bond motifs is 5. The molecule has 0 saturated heterocycles. The lowest BCUT2D eigenvalue weighted by molar-refractivity contribution is -0.199. The number of nitrogens with zero attached hydrogens (tertiary/aromatic N) is 3. The van der Waals surface area contributed by atoms with Crippen LogP contribution in [-0.2, 0) is 16.5 Å². The molecule has 5 rings (SSSR count). The molecule has 0 spiro atoms. The summed E-state index contributed by atoms with van der Waals surface area (Å²) in [5.41, 5.74) is 0. The largest absolute Gasteiger partial charge is 0.453 e. The van der Waals surface area contributed by atoms with Gasteiger partial charge in [0.15, 0.2) is 5.82 Å². The molecule has 0 radical (unpaired) electrons. The first-order valence-electron chi connectivity index (χ1n) is 10.1. The van der Waals surface area contributed by atoms with Crippen LogP contribution in [0.1, 0.15) is 54.8 Å². The van der Waals surface area contributed by atoms with Crippen LogP contribution in [0.5, 0.6) is 0 Å². The molecular weight excluding hydrogens is 360 g/mol. The summed E-state index contributed by atoms with van der Waals surface area (Å²) in [4.78, 5) is 23.6. The Morgan fingerprint density at radius 3 is 2.57 bits per heavy atom. The molecule has 2 heterocycles. The number of carbonyl (C=O) groups is 1. The van der Waals surface area contributed by atoms with Crippen molar-refractivity contribution in [3.05, 3.63) is 36.4 Å². The standard InChI is InChI=1S/C20H26N4O4/c1-24-9-8-23-18(24)20(26)28-16-14-10-13(11-4-2-3-5-12(11)14)15(16)27-19(25)17-21-6-7-22-17/h6-9,11-16,20,26H,2-5,10H2,1H3,(H,21,22). The van der Waals surface area contributed by atoms with E-state index in [2.05, 4.69) is 15.0 Å². The Balaban J connectivity index is 1.39. The van der Waals surface area contributed by atoms with Crippen molar-refractivity contribution in [3.63, 3.8) is 0 Å². The molecule has 2 N–H and O–H groups in total. The van der Waals surface area contributed by atoms with Gasteiger partial charge in [-0.1, -0.05) is 12.8 Å². The highest BCUT2D eigenvalue weighted by Gasteiger charge is 2.60. The summed E-state index contributed by atoms with van der Waals surface area (Å²) in [6.07, 6.45) is 10.6. The second-order valence-corrected chi connectivity index (χ2v) is 8.33. The topological polar surface area (TPSA) is 102 Å². The Labute approximate surface area is 163 Å². The van der Waals surface area contributed by atoms with Crippen molar-refractivity contribution < 1.29 is 19.4 Å². The Kier molecular flexibility index (Phi) is 4.47. The summed E-state index contributed by atoms with van der Waals surface area (Å²) in [5, 5.41) is 10.6. The number of nitrogens with one attached hydrogen (secondary N) is 1. The Morgan fingerprint density at radius 2 is 1.93 bits per heavy atom. The third-order valence-corrected chi connectivity index (χ3v) is 6.99. The molecule has 0 aliphatic heterocycles. The number of esters is 1. The van der Waals surface area contributed by atoms with E-state index in [-0.39, 0.29) is 24.0 Å². The smallest absolute Gasteiger partial charge is 0.374 e. The van der Waals surface area contributed by atoms with E-state index in [0.29, 0.717) is 23.6 Å². The Bertz CT molecular complexity index is 835. The van der Waals surface area contributed by atoms with Gasteiger partial charge in [-0.3, -0.25) is 0 Å². The molecule has 0 amide bonds. The van der Waals surface area contributed by atoms with Crippen LogP contribution < -0.4 is 0 Å². The molecule has 2 aromatic heterocycles. The second-order valence-electron chi connectivity index (χ2n) is 8.33. The number of imidazole rings is 2. The monoisotopic (exact) mass is 386 g/mol. The maximum Gasteiger partial charge on any atom is 0.374 e. The number of hydrogen-bond acceptors (Lipinski definition) is 6. The summed E-state index contributed by atoms with van der Waals surface area (Å²) in [6, 6.07) is 0. The van der Waals surface area contributed by atoms with Crippen LogP contribution in [0.2, 0.25) is 0 Å². The van der Waals surface area contributed by atoms with Crippen molar-refractivity contribution in [2.45, 2.75) is 50.6 Å². The Morgan fingerprint density at radius 1 is 1.18 bits per heavy atom. The highest BCUT2D eigenvalue weighted by Crippen LogP contribution is 2.59. The van der Waals surface area contributed by atoms with Crippen LogP contribution in [-0.4, -0.2) is 42.8 Å². The van der Waals surface area contributed by atoms with Gasteiger partial charge in [0.1, 0.15) is 12.2 Å². The summed E-state index contributed by atoms with van der Waals surface area (Å²) in [6.45, 7) is 0. The van der Waals surface area contributed by atoms with E-state index >= 15 is 0 Å². The lowest BCUT2D eigenvalue weighted by Gasteiger charge is -2.43. The molecular formula is C20H26N4O4. The fraction of sp³-hybridized carbons (Fsp3) is 0.650. The van der Waals surface area contributed by atoms with Gasteiger partial charge in [0.25, 0.3) is 0 Å².